The molecule has 1 heterocycles. The third kappa shape index (κ3) is 2.69. The van der Waals surface area contributed by atoms with Crippen LogP contribution < -0.4 is 5.73 Å². The average Bonchev–Trinajstić information content (AvgIpc) is 2.83. The number of nitrogens with two attached hydrogens (primary N) is 1. The van der Waals surface area contributed by atoms with Crippen LogP contribution in [0.4, 0.5) is 13.2 Å². The van der Waals surface area contributed by atoms with Gasteiger partial charge in [0.1, 0.15) is 5.82 Å². The van der Waals surface area contributed by atoms with Crippen LogP contribution >= 0.6 is 0 Å². The predicted molar refractivity (Wildman–Crippen MR) is 87.3 cm³/mol. The van der Waals surface area contributed by atoms with Gasteiger partial charge < -0.3 is 10.8 Å². The SMILES string of the molecule is Cc1c(CC(N)=O)c2c(F)c(O)c(F)cc2n1C(=O)c1cccc(F)c1. The fourth-order valence-electron chi connectivity index (χ4n) is 2.96. The number of nitrogens with zero attached hydrogens (tertiary/aromatic N) is 1. The first-order valence-electron chi connectivity index (χ1n) is 7.51. The van der Waals surface area contributed by atoms with E-state index >= 15 is 0 Å². The van der Waals surface area contributed by atoms with Crippen molar-refractivity contribution in [3.05, 3.63) is 64.6 Å². The summed E-state index contributed by atoms with van der Waals surface area (Å²) in [7, 11) is 0. The van der Waals surface area contributed by atoms with Gasteiger partial charge in [-0.2, -0.15) is 0 Å². The Morgan fingerprint density at radius 2 is 1.88 bits per heavy atom. The van der Waals surface area contributed by atoms with E-state index in [2.05, 4.69) is 0 Å². The number of phenolic OH excluding ortho intramolecular Hbond substituents is 1. The summed E-state index contributed by atoms with van der Waals surface area (Å²) in [6.07, 6.45) is -0.423. The number of rotatable bonds is 3. The normalized spacial score (nSPS) is 11.1. The molecule has 0 radical (unpaired) electrons. The molecule has 0 saturated carbocycles. The molecule has 5 nitrogen and oxygen atoms in total. The highest BCUT2D eigenvalue weighted by Crippen LogP contribution is 2.35. The number of primary amides is 1. The van der Waals surface area contributed by atoms with Gasteiger partial charge in [0.15, 0.2) is 17.4 Å². The van der Waals surface area contributed by atoms with Crippen LogP contribution in [0.1, 0.15) is 21.6 Å². The number of phenols is 1. The Bertz CT molecular complexity index is 1070. The number of carbonyl (C=O) groups excluding carboxylic acids is 2. The van der Waals surface area contributed by atoms with Crippen molar-refractivity contribution in [1.82, 2.24) is 4.57 Å². The van der Waals surface area contributed by atoms with E-state index in [0.29, 0.717) is 0 Å². The maximum Gasteiger partial charge on any atom is 0.262 e. The van der Waals surface area contributed by atoms with Crippen molar-refractivity contribution >= 4 is 22.7 Å². The van der Waals surface area contributed by atoms with Gasteiger partial charge >= 0.3 is 0 Å². The van der Waals surface area contributed by atoms with E-state index in [0.717, 1.165) is 22.8 Å². The first kappa shape index (κ1) is 17.5. The minimum Gasteiger partial charge on any atom is -0.503 e. The molecule has 8 heteroatoms. The van der Waals surface area contributed by atoms with Crippen molar-refractivity contribution in [1.29, 1.82) is 0 Å². The van der Waals surface area contributed by atoms with Crippen molar-refractivity contribution in [2.75, 3.05) is 0 Å². The van der Waals surface area contributed by atoms with Gasteiger partial charge in [0.2, 0.25) is 5.91 Å². The van der Waals surface area contributed by atoms with Crippen molar-refractivity contribution in [3.63, 3.8) is 0 Å². The van der Waals surface area contributed by atoms with Crippen LogP contribution in [-0.4, -0.2) is 21.5 Å². The number of aromatic hydroxyl groups is 1. The van der Waals surface area contributed by atoms with E-state index in [1.165, 1.54) is 19.1 Å². The maximum atomic E-state index is 14.5. The third-order valence-electron chi connectivity index (χ3n) is 4.11. The summed E-state index contributed by atoms with van der Waals surface area (Å²) in [6, 6.07) is 5.57. The summed E-state index contributed by atoms with van der Waals surface area (Å²) in [6.45, 7) is 1.42. The van der Waals surface area contributed by atoms with E-state index in [-0.39, 0.29) is 27.7 Å². The molecule has 0 spiro atoms. The van der Waals surface area contributed by atoms with Crippen LogP contribution in [0.15, 0.2) is 30.3 Å². The van der Waals surface area contributed by atoms with Gasteiger partial charge in [0.05, 0.1) is 11.9 Å². The number of benzene rings is 2. The van der Waals surface area contributed by atoms with E-state index in [4.69, 9.17) is 5.73 Å². The van der Waals surface area contributed by atoms with Gasteiger partial charge in [0.25, 0.3) is 5.91 Å². The standard InChI is InChI=1S/C18H13F3N2O3/c1-8-11(6-14(22)24)15-13(7-12(20)17(25)16(15)21)23(8)18(26)9-3-2-4-10(19)5-9/h2-5,7,25H,6H2,1H3,(H2,22,24). The predicted octanol–water partition coefficient (Wildman–Crippen LogP) is 2.79. The van der Waals surface area contributed by atoms with E-state index in [1.54, 1.807) is 0 Å². The highest BCUT2D eigenvalue weighted by Gasteiger charge is 2.26. The topological polar surface area (TPSA) is 85.3 Å². The van der Waals surface area contributed by atoms with Gasteiger partial charge in [-0.15, -0.1) is 0 Å². The molecule has 2 aromatic carbocycles. The molecular weight excluding hydrogens is 349 g/mol. The highest BCUT2D eigenvalue weighted by atomic mass is 19.1. The largest absolute Gasteiger partial charge is 0.503 e. The summed E-state index contributed by atoms with van der Waals surface area (Å²) < 4.78 is 42.7. The Morgan fingerprint density at radius 3 is 2.50 bits per heavy atom. The van der Waals surface area contributed by atoms with Crippen LogP contribution in [0.25, 0.3) is 10.9 Å². The number of amides is 1. The Labute approximate surface area is 145 Å². The van der Waals surface area contributed by atoms with Crippen molar-refractivity contribution in [2.45, 2.75) is 13.3 Å². The number of halogens is 3. The van der Waals surface area contributed by atoms with Crippen LogP contribution in [0.3, 0.4) is 0 Å². The fraction of sp³-hybridized carbons (Fsp3) is 0.111. The average molecular weight is 362 g/mol. The third-order valence-corrected chi connectivity index (χ3v) is 4.11. The molecule has 0 unspecified atom stereocenters. The Morgan fingerprint density at radius 1 is 1.19 bits per heavy atom. The molecule has 0 aliphatic heterocycles. The van der Waals surface area contributed by atoms with Crippen molar-refractivity contribution in [3.8, 4) is 5.75 Å². The summed E-state index contributed by atoms with van der Waals surface area (Å²) >= 11 is 0. The second-order valence-electron chi connectivity index (χ2n) is 5.77. The highest BCUT2D eigenvalue weighted by molar-refractivity contribution is 6.05. The molecule has 3 N–H and O–H groups in total. The van der Waals surface area contributed by atoms with Crippen molar-refractivity contribution < 1.29 is 27.9 Å². The van der Waals surface area contributed by atoms with Crippen LogP contribution in [-0.2, 0) is 11.2 Å². The molecule has 3 aromatic rings. The Kier molecular flexibility index (Phi) is 4.19. The minimum atomic E-state index is -1.30. The molecule has 0 aliphatic carbocycles. The molecule has 0 saturated heterocycles. The molecule has 0 fully saturated rings. The molecule has 3 rings (SSSR count). The number of hydrogen-bond acceptors (Lipinski definition) is 3. The second-order valence-corrected chi connectivity index (χ2v) is 5.77. The van der Waals surface area contributed by atoms with Gasteiger partial charge in [-0.3, -0.25) is 14.2 Å². The van der Waals surface area contributed by atoms with Crippen LogP contribution in [0, 0.1) is 24.4 Å². The van der Waals surface area contributed by atoms with Gasteiger partial charge in [0, 0.05) is 22.7 Å². The molecule has 134 valence electrons. The lowest BCUT2D eigenvalue weighted by Crippen LogP contribution is -2.16. The van der Waals surface area contributed by atoms with Gasteiger partial charge in [-0.05, 0) is 30.7 Å². The monoisotopic (exact) mass is 362 g/mol. The van der Waals surface area contributed by atoms with Gasteiger partial charge in [-0.1, -0.05) is 6.07 Å². The molecule has 0 bridgehead atoms. The summed E-state index contributed by atoms with van der Waals surface area (Å²) in [5.74, 6) is -5.99. The van der Waals surface area contributed by atoms with E-state index < -0.39 is 41.4 Å². The van der Waals surface area contributed by atoms with E-state index in [1.807, 2.05) is 0 Å². The summed E-state index contributed by atoms with van der Waals surface area (Å²) in [4.78, 5) is 24.2. The number of carbonyl (C=O) groups is 2. The maximum absolute atomic E-state index is 14.5. The lowest BCUT2D eigenvalue weighted by molar-refractivity contribution is -0.117. The number of aromatic nitrogens is 1. The zero-order valence-electron chi connectivity index (χ0n) is 13.5. The number of hydrogen-bond donors (Lipinski definition) is 2. The second kappa shape index (κ2) is 6.21. The first-order chi connectivity index (χ1) is 12.2. The molecule has 1 amide bonds. The first-order valence-corrected chi connectivity index (χ1v) is 7.51. The summed E-state index contributed by atoms with van der Waals surface area (Å²) in [5.41, 5.74) is 5.11. The lowest BCUT2D eigenvalue weighted by Gasteiger charge is -2.08. The smallest absolute Gasteiger partial charge is 0.262 e. The number of fused-ring (bicyclic) bond motifs is 1. The Balaban J connectivity index is 2.37. The van der Waals surface area contributed by atoms with Crippen LogP contribution in [0.5, 0.6) is 5.75 Å². The zero-order chi connectivity index (χ0) is 19.2. The molecule has 0 atom stereocenters. The van der Waals surface area contributed by atoms with Crippen molar-refractivity contribution in [2.24, 2.45) is 5.73 Å². The zero-order valence-corrected chi connectivity index (χ0v) is 13.5. The quantitative estimate of drug-likeness (QED) is 0.751. The summed E-state index contributed by atoms with van der Waals surface area (Å²) in [5, 5.41) is 9.26. The fourth-order valence-corrected chi connectivity index (χ4v) is 2.96. The molecule has 0 aliphatic rings. The van der Waals surface area contributed by atoms with Gasteiger partial charge in [-0.25, -0.2) is 13.2 Å². The molecular formula is C18H13F3N2O3. The van der Waals surface area contributed by atoms with E-state index in [9.17, 15) is 27.9 Å². The molecule has 26 heavy (non-hydrogen) atoms. The Hall–Kier alpha value is -3.29. The molecule has 1 aromatic heterocycles. The van der Waals surface area contributed by atoms with Crippen LogP contribution in [0.2, 0.25) is 0 Å². The minimum absolute atomic E-state index is 0.0463. The lowest BCUT2D eigenvalue weighted by atomic mass is 10.1.